The maximum absolute atomic E-state index is 5.73. The van der Waals surface area contributed by atoms with Gasteiger partial charge in [-0.3, -0.25) is 5.10 Å². The van der Waals surface area contributed by atoms with Crippen LogP contribution in [-0.4, -0.2) is 10.2 Å². The first-order chi connectivity index (χ1) is 8.25. The second kappa shape index (κ2) is 4.18. The molecule has 1 aromatic heterocycles. The van der Waals surface area contributed by atoms with E-state index in [0.717, 1.165) is 15.7 Å². The van der Waals surface area contributed by atoms with Gasteiger partial charge in [0.1, 0.15) is 0 Å². The minimum atomic E-state index is 0.512. The van der Waals surface area contributed by atoms with E-state index in [0.29, 0.717) is 5.82 Å². The van der Waals surface area contributed by atoms with Gasteiger partial charge in [-0.05, 0) is 58.8 Å². The van der Waals surface area contributed by atoms with Crippen LogP contribution in [0, 0.1) is 0 Å². The largest absolute Gasteiger partial charge is 0.381 e. The van der Waals surface area contributed by atoms with Crippen LogP contribution in [0.4, 0.5) is 5.82 Å². The van der Waals surface area contributed by atoms with Crippen molar-refractivity contribution in [2.45, 2.75) is 25.7 Å². The molecule has 1 aromatic carbocycles. The lowest BCUT2D eigenvalue weighted by atomic mass is 9.90. The average molecular weight is 292 g/mol. The molecule has 0 saturated heterocycles. The number of benzene rings is 1. The van der Waals surface area contributed by atoms with Gasteiger partial charge in [0.15, 0.2) is 5.82 Å². The zero-order valence-electron chi connectivity index (χ0n) is 9.46. The first-order valence-electron chi connectivity index (χ1n) is 5.87. The third kappa shape index (κ3) is 1.86. The highest BCUT2D eigenvalue weighted by molar-refractivity contribution is 9.10. The monoisotopic (exact) mass is 291 g/mol. The van der Waals surface area contributed by atoms with Crippen molar-refractivity contribution in [2.24, 2.45) is 0 Å². The fourth-order valence-corrected chi connectivity index (χ4v) is 2.83. The Kier molecular flexibility index (Phi) is 2.67. The first-order valence-corrected chi connectivity index (χ1v) is 6.66. The predicted octanol–water partition coefficient (Wildman–Crippen LogP) is 3.30. The van der Waals surface area contributed by atoms with E-state index in [4.69, 9.17) is 5.73 Å². The summed E-state index contributed by atoms with van der Waals surface area (Å²) in [5.74, 6) is 0.512. The number of anilines is 1. The number of fused-ring (bicyclic) bond motifs is 1. The summed E-state index contributed by atoms with van der Waals surface area (Å²) in [5, 5.41) is 6.99. The summed E-state index contributed by atoms with van der Waals surface area (Å²) in [5.41, 5.74) is 10.8. The Bertz CT molecular complexity index is 560. The molecule has 0 aliphatic heterocycles. The molecule has 1 aliphatic carbocycles. The highest BCUT2D eigenvalue weighted by Crippen LogP contribution is 2.32. The summed E-state index contributed by atoms with van der Waals surface area (Å²) < 4.78 is 0.855. The summed E-state index contributed by atoms with van der Waals surface area (Å²) >= 11 is 3.46. The van der Waals surface area contributed by atoms with Crippen molar-refractivity contribution in [3.8, 4) is 11.3 Å². The molecule has 0 atom stereocenters. The molecule has 3 rings (SSSR count). The van der Waals surface area contributed by atoms with Crippen molar-refractivity contribution in [2.75, 3.05) is 5.73 Å². The number of aryl methyl sites for hydroxylation is 2. The molecule has 1 heterocycles. The summed E-state index contributed by atoms with van der Waals surface area (Å²) in [7, 11) is 0. The summed E-state index contributed by atoms with van der Waals surface area (Å²) in [6.45, 7) is 0. The van der Waals surface area contributed by atoms with E-state index < -0.39 is 0 Å². The lowest BCUT2D eigenvalue weighted by molar-refractivity contribution is 0.686. The topological polar surface area (TPSA) is 54.7 Å². The van der Waals surface area contributed by atoms with Crippen LogP contribution >= 0.6 is 15.9 Å². The number of rotatable bonds is 1. The van der Waals surface area contributed by atoms with Crippen molar-refractivity contribution in [1.29, 1.82) is 0 Å². The number of halogens is 1. The number of nitrogens with one attached hydrogen (secondary N) is 1. The molecule has 0 saturated carbocycles. The predicted molar refractivity (Wildman–Crippen MR) is 72.8 cm³/mol. The zero-order chi connectivity index (χ0) is 11.8. The molecule has 0 radical (unpaired) electrons. The van der Waals surface area contributed by atoms with Gasteiger partial charge in [0, 0.05) is 5.56 Å². The normalized spacial score (nSPS) is 14.6. The third-order valence-corrected chi connectivity index (χ3v) is 4.17. The van der Waals surface area contributed by atoms with Crippen molar-refractivity contribution >= 4 is 21.7 Å². The summed E-state index contributed by atoms with van der Waals surface area (Å²) in [6.07, 6.45) is 5.00. The fourth-order valence-electron chi connectivity index (χ4n) is 2.42. The number of aromatic amines is 1. The molecular weight excluding hydrogens is 278 g/mol. The van der Waals surface area contributed by atoms with Gasteiger partial charge in [-0.2, -0.15) is 5.10 Å². The van der Waals surface area contributed by atoms with Crippen LogP contribution in [0.15, 0.2) is 22.7 Å². The number of nitrogens with zero attached hydrogens (tertiary/aromatic N) is 1. The van der Waals surface area contributed by atoms with E-state index >= 15 is 0 Å². The second-order valence-electron chi connectivity index (χ2n) is 4.49. The smallest absolute Gasteiger partial charge is 0.160 e. The van der Waals surface area contributed by atoms with Crippen LogP contribution < -0.4 is 5.73 Å². The summed E-state index contributed by atoms with van der Waals surface area (Å²) in [6, 6.07) is 6.63. The van der Waals surface area contributed by atoms with Crippen molar-refractivity contribution in [3.63, 3.8) is 0 Å². The number of H-pyrrole nitrogens is 1. The fraction of sp³-hybridized carbons (Fsp3) is 0.308. The Labute approximate surface area is 109 Å². The van der Waals surface area contributed by atoms with Gasteiger partial charge in [-0.25, -0.2) is 0 Å². The Morgan fingerprint density at radius 3 is 2.65 bits per heavy atom. The Hall–Kier alpha value is -1.29. The first kappa shape index (κ1) is 10.8. The van der Waals surface area contributed by atoms with Gasteiger partial charge < -0.3 is 5.73 Å². The van der Waals surface area contributed by atoms with Crippen LogP contribution in [0.5, 0.6) is 0 Å². The molecule has 88 valence electrons. The van der Waals surface area contributed by atoms with E-state index in [-0.39, 0.29) is 0 Å². The molecule has 0 bridgehead atoms. The van der Waals surface area contributed by atoms with Gasteiger partial charge in [0.25, 0.3) is 0 Å². The number of aromatic nitrogens is 2. The standard InChI is InChI=1S/C13H14BrN3/c14-11-12(16-17-13(11)15)10-6-5-8-3-1-2-4-9(8)7-10/h5-7H,1-4H2,(H3,15,16,17). The highest BCUT2D eigenvalue weighted by atomic mass is 79.9. The van der Waals surface area contributed by atoms with Gasteiger partial charge in [0.2, 0.25) is 0 Å². The molecular formula is C13H14BrN3. The van der Waals surface area contributed by atoms with Crippen molar-refractivity contribution in [3.05, 3.63) is 33.8 Å². The maximum Gasteiger partial charge on any atom is 0.160 e. The molecule has 0 spiro atoms. The number of nitrogens with two attached hydrogens (primary N) is 1. The van der Waals surface area contributed by atoms with E-state index in [1.807, 2.05) is 0 Å². The lowest BCUT2D eigenvalue weighted by Gasteiger charge is -2.16. The molecule has 2 aromatic rings. The molecule has 4 heteroatoms. The van der Waals surface area contributed by atoms with Gasteiger partial charge in [-0.15, -0.1) is 0 Å². The Morgan fingerprint density at radius 2 is 1.94 bits per heavy atom. The molecule has 3 N–H and O–H groups in total. The van der Waals surface area contributed by atoms with Gasteiger partial charge >= 0.3 is 0 Å². The zero-order valence-corrected chi connectivity index (χ0v) is 11.0. The van der Waals surface area contributed by atoms with Gasteiger partial charge in [-0.1, -0.05) is 12.1 Å². The van der Waals surface area contributed by atoms with Crippen molar-refractivity contribution < 1.29 is 0 Å². The molecule has 0 unspecified atom stereocenters. The molecule has 0 fully saturated rings. The Balaban J connectivity index is 2.07. The molecule has 1 aliphatic rings. The van der Waals surface area contributed by atoms with Gasteiger partial charge in [0.05, 0.1) is 10.2 Å². The maximum atomic E-state index is 5.73. The van der Waals surface area contributed by atoms with Crippen LogP contribution in [-0.2, 0) is 12.8 Å². The van der Waals surface area contributed by atoms with Crippen molar-refractivity contribution in [1.82, 2.24) is 10.2 Å². The number of hydrogen-bond donors (Lipinski definition) is 2. The van der Waals surface area contributed by atoms with E-state index in [1.165, 1.54) is 36.8 Å². The second-order valence-corrected chi connectivity index (χ2v) is 5.28. The van der Waals surface area contributed by atoms with Crippen LogP contribution in [0.2, 0.25) is 0 Å². The molecule has 17 heavy (non-hydrogen) atoms. The SMILES string of the molecule is Nc1n[nH]c(-c2ccc3c(c2)CCCC3)c1Br. The van der Waals surface area contributed by atoms with Crippen LogP contribution in [0.1, 0.15) is 24.0 Å². The Morgan fingerprint density at radius 1 is 1.18 bits per heavy atom. The molecule has 3 nitrogen and oxygen atoms in total. The molecule has 0 amide bonds. The van der Waals surface area contributed by atoms with Crippen LogP contribution in [0.25, 0.3) is 11.3 Å². The quantitative estimate of drug-likeness (QED) is 0.847. The third-order valence-electron chi connectivity index (χ3n) is 3.37. The number of hydrogen-bond acceptors (Lipinski definition) is 2. The number of nitrogen functional groups attached to an aromatic ring is 1. The summed E-state index contributed by atoms with van der Waals surface area (Å²) in [4.78, 5) is 0. The van der Waals surface area contributed by atoms with E-state index in [1.54, 1.807) is 0 Å². The van der Waals surface area contributed by atoms with E-state index in [2.05, 4.69) is 44.3 Å². The average Bonchev–Trinajstić information content (AvgIpc) is 2.70. The van der Waals surface area contributed by atoms with E-state index in [9.17, 15) is 0 Å². The minimum Gasteiger partial charge on any atom is -0.381 e. The van der Waals surface area contributed by atoms with Crippen LogP contribution in [0.3, 0.4) is 0 Å². The lowest BCUT2D eigenvalue weighted by Crippen LogP contribution is -2.02. The highest BCUT2D eigenvalue weighted by Gasteiger charge is 2.13. The minimum absolute atomic E-state index is 0.512.